The summed E-state index contributed by atoms with van der Waals surface area (Å²) in [5.74, 6) is 0. The van der Waals surface area contributed by atoms with Crippen molar-refractivity contribution in [1.29, 1.82) is 0 Å². The third-order valence-corrected chi connectivity index (χ3v) is 3.70. The summed E-state index contributed by atoms with van der Waals surface area (Å²) in [5.41, 5.74) is 1.91. The van der Waals surface area contributed by atoms with Crippen molar-refractivity contribution in [2.24, 2.45) is 0 Å². The number of halogens is 2. The van der Waals surface area contributed by atoms with Gasteiger partial charge in [0.05, 0.1) is 11.6 Å². The van der Waals surface area contributed by atoms with Crippen molar-refractivity contribution in [2.75, 3.05) is 6.54 Å². The molecule has 3 rings (SSSR count). The van der Waals surface area contributed by atoms with Crippen LogP contribution in [0, 0.1) is 0 Å². The van der Waals surface area contributed by atoms with Crippen LogP contribution >= 0.6 is 34.0 Å². The number of rotatable bonds is 2. The molecule has 2 N–H and O–H groups in total. The molecule has 2 heterocycles. The Morgan fingerprint density at radius 2 is 2.05 bits per heavy atom. The highest BCUT2D eigenvalue weighted by molar-refractivity contribution is 8.93. The average Bonchev–Trinajstić information content (AvgIpc) is 2.47. The normalized spacial score (nSPS) is 19.8. The van der Waals surface area contributed by atoms with E-state index >= 15 is 0 Å². The van der Waals surface area contributed by atoms with Crippen LogP contribution in [-0.4, -0.2) is 22.7 Å². The highest BCUT2D eigenvalue weighted by atomic mass is 79.9. The summed E-state index contributed by atoms with van der Waals surface area (Å²) < 4.78 is 0. The first-order valence-corrected chi connectivity index (χ1v) is 6.61. The number of nitrogens with zero attached hydrogens (tertiary/aromatic N) is 1. The van der Waals surface area contributed by atoms with Gasteiger partial charge in [0.2, 0.25) is 0 Å². The van der Waals surface area contributed by atoms with Gasteiger partial charge in [0, 0.05) is 17.6 Å². The maximum absolute atomic E-state index is 10.4. The number of pyridine rings is 1. The highest BCUT2D eigenvalue weighted by Gasteiger charge is 2.22. The minimum absolute atomic E-state index is 0. The van der Waals surface area contributed by atoms with Gasteiger partial charge in [0.1, 0.15) is 0 Å². The summed E-state index contributed by atoms with van der Waals surface area (Å²) >= 11 is 0. The first-order chi connectivity index (χ1) is 8.84. The Bertz CT molecular complexity index is 544. The van der Waals surface area contributed by atoms with Gasteiger partial charge < -0.3 is 10.4 Å². The molecule has 0 aliphatic carbocycles. The van der Waals surface area contributed by atoms with Crippen LogP contribution in [0.15, 0.2) is 36.5 Å². The summed E-state index contributed by atoms with van der Waals surface area (Å²) in [5, 5.41) is 14.9. The van der Waals surface area contributed by atoms with E-state index in [4.69, 9.17) is 0 Å². The average molecular weight is 404 g/mol. The zero-order valence-electron chi connectivity index (χ0n) is 11.2. The third-order valence-electron chi connectivity index (χ3n) is 3.70. The van der Waals surface area contributed by atoms with Crippen molar-refractivity contribution in [3.05, 3.63) is 42.1 Å². The number of aliphatic hydroxyl groups is 1. The molecule has 5 heteroatoms. The molecule has 20 heavy (non-hydrogen) atoms. The zero-order valence-corrected chi connectivity index (χ0v) is 14.6. The molecule has 2 unspecified atom stereocenters. The van der Waals surface area contributed by atoms with Crippen molar-refractivity contribution in [1.82, 2.24) is 10.3 Å². The molecule has 1 fully saturated rings. The Morgan fingerprint density at radius 1 is 1.20 bits per heavy atom. The lowest BCUT2D eigenvalue weighted by molar-refractivity contribution is 0.114. The van der Waals surface area contributed by atoms with Crippen LogP contribution in [0.1, 0.15) is 30.9 Å². The largest absolute Gasteiger partial charge is 0.387 e. The summed E-state index contributed by atoms with van der Waals surface area (Å²) in [7, 11) is 0. The van der Waals surface area contributed by atoms with Crippen molar-refractivity contribution in [3.8, 4) is 0 Å². The zero-order chi connectivity index (χ0) is 12.4. The number of fused-ring (bicyclic) bond motifs is 1. The number of hydrogen-bond acceptors (Lipinski definition) is 3. The molecule has 0 radical (unpaired) electrons. The van der Waals surface area contributed by atoms with Gasteiger partial charge in [-0.25, -0.2) is 0 Å². The Kier molecular flexibility index (Phi) is 7.09. The second-order valence-electron chi connectivity index (χ2n) is 4.96. The van der Waals surface area contributed by atoms with Crippen LogP contribution in [0.5, 0.6) is 0 Å². The lowest BCUT2D eigenvalue weighted by atomic mass is 9.94. The SMILES string of the molecule is Br.Br.OC(c1ccc2cccnc2c1)C1CCCCN1. The van der Waals surface area contributed by atoms with Crippen LogP contribution < -0.4 is 5.32 Å². The molecule has 110 valence electrons. The third kappa shape index (κ3) is 3.79. The summed E-state index contributed by atoms with van der Waals surface area (Å²) in [6.07, 6.45) is 4.80. The molecule has 0 spiro atoms. The molecule has 1 saturated heterocycles. The van der Waals surface area contributed by atoms with Crippen LogP contribution in [0.4, 0.5) is 0 Å². The number of benzene rings is 1. The number of aromatic nitrogens is 1. The van der Waals surface area contributed by atoms with Crippen molar-refractivity contribution in [2.45, 2.75) is 31.4 Å². The van der Waals surface area contributed by atoms with Gasteiger partial charge in [0.15, 0.2) is 0 Å². The Balaban J connectivity index is 0.000001000. The first kappa shape index (κ1) is 17.6. The number of nitrogens with one attached hydrogen (secondary N) is 1. The van der Waals surface area contributed by atoms with E-state index in [0.717, 1.165) is 29.4 Å². The maximum atomic E-state index is 10.4. The van der Waals surface area contributed by atoms with E-state index in [1.165, 1.54) is 12.8 Å². The predicted octanol–water partition coefficient (Wildman–Crippen LogP) is 3.57. The second-order valence-corrected chi connectivity index (χ2v) is 4.96. The first-order valence-electron chi connectivity index (χ1n) is 6.61. The Morgan fingerprint density at radius 3 is 2.80 bits per heavy atom. The fourth-order valence-corrected chi connectivity index (χ4v) is 2.65. The minimum Gasteiger partial charge on any atom is -0.387 e. The topological polar surface area (TPSA) is 45.2 Å². The molecule has 1 aliphatic rings. The molecule has 1 aliphatic heterocycles. The molecule has 0 bridgehead atoms. The standard InChI is InChI=1S/C15H18N2O.2BrH/c18-15(13-5-1-2-8-16-13)12-7-6-11-4-3-9-17-14(11)10-12;;/h3-4,6-7,9-10,13,15-16,18H,1-2,5,8H2;2*1H. The molecule has 3 nitrogen and oxygen atoms in total. The van der Waals surface area contributed by atoms with Gasteiger partial charge in [-0.2, -0.15) is 0 Å². The molecule has 2 aromatic rings. The van der Waals surface area contributed by atoms with Gasteiger partial charge in [-0.3, -0.25) is 4.98 Å². The van der Waals surface area contributed by atoms with E-state index in [2.05, 4.69) is 10.3 Å². The maximum Gasteiger partial charge on any atom is 0.0943 e. The number of aliphatic hydroxyl groups excluding tert-OH is 1. The van der Waals surface area contributed by atoms with Crippen molar-refractivity contribution < 1.29 is 5.11 Å². The van der Waals surface area contributed by atoms with Gasteiger partial charge in [-0.15, -0.1) is 34.0 Å². The highest BCUT2D eigenvalue weighted by Crippen LogP contribution is 2.25. The van der Waals surface area contributed by atoms with E-state index in [0.29, 0.717) is 0 Å². The molecular formula is C15H20Br2N2O. The van der Waals surface area contributed by atoms with Crippen molar-refractivity contribution >= 4 is 44.9 Å². The van der Waals surface area contributed by atoms with E-state index in [1.54, 1.807) is 6.20 Å². The summed E-state index contributed by atoms with van der Waals surface area (Å²) in [4.78, 5) is 4.34. The summed E-state index contributed by atoms with van der Waals surface area (Å²) in [6.45, 7) is 1.01. The lowest BCUT2D eigenvalue weighted by Crippen LogP contribution is -2.38. The number of hydrogen-bond donors (Lipinski definition) is 2. The Hall–Kier alpha value is -0.490. The Labute approximate surface area is 140 Å². The molecule has 2 atom stereocenters. The monoisotopic (exact) mass is 402 g/mol. The van der Waals surface area contributed by atoms with Gasteiger partial charge >= 0.3 is 0 Å². The van der Waals surface area contributed by atoms with E-state index in [1.807, 2.05) is 30.3 Å². The summed E-state index contributed by atoms with van der Waals surface area (Å²) in [6, 6.07) is 10.2. The van der Waals surface area contributed by atoms with Crippen LogP contribution in [-0.2, 0) is 0 Å². The predicted molar refractivity (Wildman–Crippen MR) is 93.0 cm³/mol. The van der Waals surface area contributed by atoms with Gasteiger partial charge in [-0.05, 0) is 37.1 Å². The van der Waals surface area contributed by atoms with Crippen LogP contribution in [0.25, 0.3) is 10.9 Å². The fraction of sp³-hybridized carbons (Fsp3) is 0.400. The van der Waals surface area contributed by atoms with Crippen LogP contribution in [0.3, 0.4) is 0 Å². The minimum atomic E-state index is -0.434. The molecule has 1 aromatic heterocycles. The fourth-order valence-electron chi connectivity index (χ4n) is 2.65. The van der Waals surface area contributed by atoms with E-state index < -0.39 is 6.10 Å². The van der Waals surface area contributed by atoms with Gasteiger partial charge in [0.25, 0.3) is 0 Å². The van der Waals surface area contributed by atoms with E-state index in [9.17, 15) is 5.11 Å². The molecule has 0 amide bonds. The van der Waals surface area contributed by atoms with Gasteiger partial charge in [-0.1, -0.05) is 24.6 Å². The number of piperidine rings is 1. The quantitative estimate of drug-likeness (QED) is 0.805. The molecular weight excluding hydrogens is 384 g/mol. The molecule has 0 saturated carbocycles. The second kappa shape index (κ2) is 8.08. The van der Waals surface area contributed by atoms with E-state index in [-0.39, 0.29) is 40.0 Å². The lowest BCUT2D eigenvalue weighted by Gasteiger charge is -2.28. The smallest absolute Gasteiger partial charge is 0.0943 e. The van der Waals surface area contributed by atoms with Crippen LogP contribution in [0.2, 0.25) is 0 Å². The van der Waals surface area contributed by atoms with Crippen molar-refractivity contribution in [3.63, 3.8) is 0 Å². The molecule has 1 aromatic carbocycles.